The van der Waals surface area contributed by atoms with Crippen LogP contribution < -0.4 is 10.2 Å². The van der Waals surface area contributed by atoms with Crippen molar-refractivity contribution in [2.24, 2.45) is 0 Å². The number of esters is 1. The molecule has 0 spiro atoms. The van der Waals surface area contributed by atoms with Crippen LogP contribution in [0.25, 0.3) is 10.2 Å². The number of rotatable bonds is 3. The molecule has 112 valence electrons. The molecule has 1 N–H and O–H groups in total. The molecule has 8 heteroatoms. The zero-order chi connectivity index (χ0) is 14.8. The summed E-state index contributed by atoms with van der Waals surface area (Å²) >= 11 is 7.66. The largest absolute Gasteiger partial charge is 0.462 e. The van der Waals surface area contributed by atoms with Crippen LogP contribution in [-0.4, -0.2) is 48.7 Å². The molecule has 1 aliphatic heterocycles. The number of nitrogens with one attached hydrogen (secondary N) is 1. The fourth-order valence-corrected chi connectivity index (χ4v) is 3.48. The molecule has 0 amide bonds. The number of carbonyl (C=O) groups is 1. The maximum atomic E-state index is 11.9. The van der Waals surface area contributed by atoms with E-state index in [0.29, 0.717) is 33.5 Å². The van der Waals surface area contributed by atoms with Gasteiger partial charge in [-0.3, -0.25) is 0 Å². The number of hydrogen-bond acceptors (Lipinski definition) is 7. The highest BCUT2D eigenvalue weighted by Crippen LogP contribution is 2.32. The molecule has 0 saturated carbocycles. The molecule has 2 aromatic rings. The summed E-state index contributed by atoms with van der Waals surface area (Å²) in [5.41, 5.74) is 0.439. The minimum Gasteiger partial charge on any atom is -0.462 e. The maximum absolute atomic E-state index is 11.9. The van der Waals surface area contributed by atoms with Crippen LogP contribution in [0.2, 0.25) is 5.15 Å². The molecule has 2 aromatic heterocycles. The second kappa shape index (κ2) is 6.13. The number of hydrogen-bond donors (Lipinski definition) is 1. The van der Waals surface area contributed by atoms with Gasteiger partial charge in [-0.05, 0) is 6.92 Å². The van der Waals surface area contributed by atoms with Crippen LogP contribution in [0.1, 0.15) is 17.3 Å². The quantitative estimate of drug-likeness (QED) is 0.686. The van der Waals surface area contributed by atoms with Gasteiger partial charge < -0.3 is 15.0 Å². The number of anilines is 1. The molecule has 0 atom stereocenters. The Bertz CT molecular complexity index is 669. The first-order valence-electron chi connectivity index (χ1n) is 6.78. The minimum atomic E-state index is -0.385. The predicted molar refractivity (Wildman–Crippen MR) is 83.5 cm³/mol. The zero-order valence-corrected chi connectivity index (χ0v) is 13.1. The molecule has 6 nitrogen and oxygen atoms in total. The normalized spacial score (nSPS) is 15.4. The highest BCUT2D eigenvalue weighted by atomic mass is 35.5. The zero-order valence-electron chi connectivity index (χ0n) is 11.6. The Balaban J connectivity index is 1.99. The Morgan fingerprint density at radius 1 is 1.48 bits per heavy atom. The standard InChI is InChI=1S/C13H15ClN4O2S/c1-2-20-12(19)8-7-21-11-9(8)10(14)16-13(17-11)18-5-3-15-4-6-18/h7,15H,2-6H2,1H3. The van der Waals surface area contributed by atoms with E-state index in [9.17, 15) is 4.79 Å². The van der Waals surface area contributed by atoms with Crippen molar-refractivity contribution in [3.63, 3.8) is 0 Å². The van der Waals surface area contributed by atoms with Gasteiger partial charge in [-0.25, -0.2) is 14.8 Å². The van der Waals surface area contributed by atoms with Gasteiger partial charge in [-0.1, -0.05) is 11.6 Å². The molecule has 1 fully saturated rings. The smallest absolute Gasteiger partial charge is 0.339 e. The summed E-state index contributed by atoms with van der Waals surface area (Å²) < 4.78 is 5.03. The van der Waals surface area contributed by atoms with Crippen LogP contribution in [0, 0.1) is 0 Å². The molecular weight excluding hydrogens is 312 g/mol. The average Bonchev–Trinajstić information content (AvgIpc) is 2.93. The van der Waals surface area contributed by atoms with Crippen molar-refractivity contribution in [2.45, 2.75) is 6.92 Å². The summed E-state index contributed by atoms with van der Waals surface area (Å²) in [7, 11) is 0. The maximum Gasteiger partial charge on any atom is 0.339 e. The molecule has 1 saturated heterocycles. The number of ether oxygens (including phenoxy) is 1. The van der Waals surface area contributed by atoms with E-state index in [2.05, 4.69) is 20.2 Å². The summed E-state index contributed by atoms with van der Waals surface area (Å²) in [6.07, 6.45) is 0. The topological polar surface area (TPSA) is 67.3 Å². The number of piperazine rings is 1. The monoisotopic (exact) mass is 326 g/mol. The van der Waals surface area contributed by atoms with E-state index in [1.54, 1.807) is 12.3 Å². The number of halogens is 1. The second-order valence-electron chi connectivity index (χ2n) is 4.60. The van der Waals surface area contributed by atoms with Gasteiger partial charge in [0.05, 0.1) is 17.6 Å². The molecule has 3 rings (SSSR count). The second-order valence-corrected chi connectivity index (χ2v) is 5.82. The van der Waals surface area contributed by atoms with Crippen molar-refractivity contribution in [2.75, 3.05) is 37.7 Å². The van der Waals surface area contributed by atoms with E-state index in [4.69, 9.17) is 16.3 Å². The molecular formula is C13H15ClN4O2S. The molecule has 0 aromatic carbocycles. The van der Waals surface area contributed by atoms with Gasteiger partial charge in [0.2, 0.25) is 5.95 Å². The molecule has 0 unspecified atom stereocenters. The third kappa shape index (κ3) is 2.81. The van der Waals surface area contributed by atoms with Gasteiger partial charge in [0, 0.05) is 31.6 Å². The van der Waals surface area contributed by atoms with Crippen LogP contribution in [0.5, 0.6) is 0 Å². The van der Waals surface area contributed by atoms with E-state index in [-0.39, 0.29) is 5.97 Å². The van der Waals surface area contributed by atoms with Crippen molar-refractivity contribution >= 4 is 45.1 Å². The molecule has 1 aliphatic rings. The first-order chi connectivity index (χ1) is 10.2. The highest BCUT2D eigenvalue weighted by molar-refractivity contribution is 7.17. The SMILES string of the molecule is CCOC(=O)c1csc2nc(N3CCNCC3)nc(Cl)c12. The van der Waals surface area contributed by atoms with Crippen LogP contribution in [0.15, 0.2) is 5.38 Å². The van der Waals surface area contributed by atoms with E-state index in [1.807, 2.05) is 0 Å². The Labute approximate surface area is 131 Å². The summed E-state index contributed by atoms with van der Waals surface area (Å²) in [4.78, 5) is 23.6. The lowest BCUT2D eigenvalue weighted by Gasteiger charge is -2.27. The van der Waals surface area contributed by atoms with Gasteiger partial charge in [0.1, 0.15) is 9.98 Å². The summed E-state index contributed by atoms with van der Waals surface area (Å²) in [6, 6.07) is 0. The minimum absolute atomic E-state index is 0.304. The van der Waals surface area contributed by atoms with Crippen molar-refractivity contribution in [3.05, 3.63) is 16.1 Å². The van der Waals surface area contributed by atoms with Gasteiger partial charge in [-0.2, -0.15) is 0 Å². The molecule has 0 radical (unpaired) electrons. The van der Waals surface area contributed by atoms with Crippen molar-refractivity contribution in [3.8, 4) is 0 Å². The third-order valence-electron chi connectivity index (χ3n) is 3.27. The van der Waals surface area contributed by atoms with Crippen LogP contribution in [-0.2, 0) is 4.74 Å². The third-order valence-corrected chi connectivity index (χ3v) is 4.42. The van der Waals surface area contributed by atoms with E-state index < -0.39 is 0 Å². The summed E-state index contributed by atoms with van der Waals surface area (Å²) in [5, 5.41) is 5.89. The van der Waals surface area contributed by atoms with E-state index >= 15 is 0 Å². The number of carbonyl (C=O) groups excluding carboxylic acids is 1. The van der Waals surface area contributed by atoms with Crippen molar-refractivity contribution < 1.29 is 9.53 Å². The van der Waals surface area contributed by atoms with Crippen molar-refractivity contribution in [1.29, 1.82) is 0 Å². The number of thiophene rings is 1. The first-order valence-corrected chi connectivity index (χ1v) is 8.04. The fraction of sp³-hybridized carbons (Fsp3) is 0.462. The molecule has 3 heterocycles. The molecule has 0 aliphatic carbocycles. The molecule has 0 bridgehead atoms. The van der Waals surface area contributed by atoms with Gasteiger partial charge in [0.15, 0.2) is 0 Å². The fourth-order valence-electron chi connectivity index (χ4n) is 2.25. The Morgan fingerprint density at radius 3 is 2.95 bits per heavy atom. The van der Waals surface area contributed by atoms with Crippen LogP contribution in [0.3, 0.4) is 0 Å². The first kappa shape index (κ1) is 14.5. The Kier molecular flexibility index (Phi) is 4.23. The summed E-state index contributed by atoms with van der Waals surface area (Å²) in [5.74, 6) is 0.232. The van der Waals surface area contributed by atoms with E-state index in [1.165, 1.54) is 11.3 Å². The van der Waals surface area contributed by atoms with Crippen molar-refractivity contribution in [1.82, 2.24) is 15.3 Å². The number of fused-ring (bicyclic) bond motifs is 1. The van der Waals surface area contributed by atoms with Crippen LogP contribution >= 0.6 is 22.9 Å². The van der Waals surface area contributed by atoms with Gasteiger partial charge in [0.25, 0.3) is 0 Å². The van der Waals surface area contributed by atoms with Crippen LogP contribution in [0.4, 0.5) is 5.95 Å². The lowest BCUT2D eigenvalue weighted by molar-refractivity contribution is 0.0529. The lowest BCUT2D eigenvalue weighted by atomic mass is 10.2. The Hall–Kier alpha value is -1.44. The number of aromatic nitrogens is 2. The van der Waals surface area contributed by atoms with Gasteiger partial charge >= 0.3 is 5.97 Å². The predicted octanol–water partition coefficient (Wildman–Crippen LogP) is 1.93. The number of nitrogens with zero attached hydrogens (tertiary/aromatic N) is 3. The average molecular weight is 327 g/mol. The summed E-state index contributed by atoms with van der Waals surface area (Å²) in [6.45, 7) is 5.59. The highest BCUT2D eigenvalue weighted by Gasteiger charge is 2.21. The Morgan fingerprint density at radius 2 is 2.24 bits per heavy atom. The van der Waals surface area contributed by atoms with E-state index in [0.717, 1.165) is 26.2 Å². The van der Waals surface area contributed by atoms with Gasteiger partial charge in [-0.15, -0.1) is 11.3 Å². The molecule has 21 heavy (non-hydrogen) atoms. The lowest BCUT2D eigenvalue weighted by Crippen LogP contribution is -2.44.